The number of halogens is 13. The first-order chi connectivity index (χ1) is 11.6. The lowest BCUT2D eigenvalue weighted by molar-refractivity contribution is -0.442. The Labute approximate surface area is 145 Å². The summed E-state index contributed by atoms with van der Waals surface area (Å²) in [4.78, 5) is 4.49. The lowest BCUT2D eigenvalue weighted by Crippen LogP contribution is -2.69. The first kappa shape index (κ1) is 23.4. The first-order valence-corrected chi connectivity index (χ1v) is 6.59. The molecule has 0 spiro atoms. The van der Waals surface area contributed by atoms with E-state index in [0.29, 0.717) is 0 Å². The molecule has 27 heavy (non-hydrogen) atoms. The summed E-state index contributed by atoms with van der Waals surface area (Å²) in [5, 5.41) is 0. The van der Waals surface area contributed by atoms with Crippen molar-refractivity contribution in [1.29, 1.82) is 0 Å². The molecule has 16 heteroatoms. The summed E-state index contributed by atoms with van der Waals surface area (Å²) < 4.78 is 168. The number of aromatic nitrogens is 2. The molecular weight excluding hydrogens is 439 g/mol. The summed E-state index contributed by atoms with van der Waals surface area (Å²) in [6.07, 6.45) is -7.45. The Bertz CT molecular complexity index is 764. The number of nitrogens with one attached hydrogen (secondary N) is 1. The van der Waals surface area contributed by atoms with Crippen LogP contribution in [0.15, 0.2) is 6.07 Å². The first-order valence-electron chi connectivity index (χ1n) is 6.19. The topological polar surface area (TPSA) is 28.7 Å². The molecule has 0 aromatic carbocycles. The van der Waals surface area contributed by atoms with E-state index in [1.54, 1.807) is 0 Å². The molecule has 0 aliphatic carbocycles. The molecule has 0 saturated heterocycles. The van der Waals surface area contributed by atoms with Gasteiger partial charge in [0.2, 0.25) is 0 Å². The zero-order valence-corrected chi connectivity index (χ0v) is 13.2. The summed E-state index contributed by atoms with van der Waals surface area (Å²) in [5.74, 6) is -37.4. The van der Waals surface area contributed by atoms with Gasteiger partial charge in [-0.25, -0.2) is 4.98 Å². The Morgan fingerprint density at radius 1 is 0.741 bits per heavy atom. The molecule has 156 valence electrons. The molecule has 1 rings (SSSR count). The standard InChI is InChI=1S/C11H5F13N2S/c1-3-2-4(26-5(27)25-3)6(12,13)7(14,15)8(16,17)9(18,19)10(20,21)11(22,23)24/h2H,1H3,(H,25,26,27). The fourth-order valence-corrected chi connectivity index (χ4v) is 1.93. The Morgan fingerprint density at radius 3 is 1.52 bits per heavy atom. The molecule has 0 radical (unpaired) electrons. The quantitative estimate of drug-likeness (QED) is 0.470. The predicted molar refractivity (Wildman–Crippen MR) is 63.9 cm³/mol. The lowest BCUT2D eigenvalue weighted by atomic mass is 9.92. The molecule has 1 heterocycles. The molecule has 0 saturated carbocycles. The van der Waals surface area contributed by atoms with Crippen LogP contribution < -0.4 is 0 Å². The van der Waals surface area contributed by atoms with Crippen molar-refractivity contribution in [3.63, 3.8) is 0 Å². The van der Waals surface area contributed by atoms with Crippen molar-refractivity contribution in [1.82, 2.24) is 9.97 Å². The van der Waals surface area contributed by atoms with E-state index in [1.165, 1.54) is 0 Å². The van der Waals surface area contributed by atoms with Crippen LogP contribution in [0.3, 0.4) is 0 Å². The molecule has 0 aliphatic heterocycles. The van der Waals surface area contributed by atoms with E-state index in [9.17, 15) is 57.1 Å². The van der Waals surface area contributed by atoms with Gasteiger partial charge in [0.15, 0.2) is 4.77 Å². The van der Waals surface area contributed by atoms with Crippen LogP contribution in [0.4, 0.5) is 57.1 Å². The van der Waals surface area contributed by atoms with E-state index >= 15 is 0 Å². The van der Waals surface area contributed by atoms with E-state index in [1.807, 2.05) is 4.98 Å². The van der Waals surface area contributed by atoms with Crippen molar-refractivity contribution in [2.45, 2.75) is 42.7 Å². The Balaban J connectivity index is 3.65. The second-order valence-electron chi connectivity index (χ2n) is 5.12. The normalized spacial score (nSPS) is 15.2. The largest absolute Gasteiger partial charge is 0.460 e. The smallest absolute Gasteiger partial charge is 0.335 e. The monoisotopic (exact) mass is 444 g/mol. The van der Waals surface area contributed by atoms with Crippen molar-refractivity contribution >= 4 is 12.2 Å². The van der Waals surface area contributed by atoms with Gasteiger partial charge in [-0.2, -0.15) is 57.1 Å². The van der Waals surface area contributed by atoms with Crippen molar-refractivity contribution in [2.24, 2.45) is 0 Å². The van der Waals surface area contributed by atoms with E-state index in [4.69, 9.17) is 0 Å². The molecule has 1 aromatic rings. The van der Waals surface area contributed by atoms with Crippen molar-refractivity contribution in [3.05, 3.63) is 22.2 Å². The average Bonchev–Trinajstić information content (AvgIpc) is 2.44. The van der Waals surface area contributed by atoms with Gasteiger partial charge in [0, 0.05) is 5.69 Å². The van der Waals surface area contributed by atoms with E-state index < -0.39 is 51.9 Å². The van der Waals surface area contributed by atoms with Crippen LogP contribution >= 0.6 is 12.2 Å². The zero-order chi connectivity index (χ0) is 21.9. The lowest BCUT2D eigenvalue weighted by Gasteiger charge is -2.39. The highest BCUT2D eigenvalue weighted by atomic mass is 32.1. The number of hydrogen-bond donors (Lipinski definition) is 1. The third-order valence-corrected chi connectivity index (χ3v) is 3.33. The number of alkyl halides is 13. The summed E-state index contributed by atoms with van der Waals surface area (Å²) >= 11 is 4.20. The van der Waals surface area contributed by atoms with Crippen molar-refractivity contribution in [2.75, 3.05) is 0 Å². The van der Waals surface area contributed by atoms with Crippen LogP contribution in [0.2, 0.25) is 0 Å². The van der Waals surface area contributed by atoms with Gasteiger partial charge >= 0.3 is 35.8 Å². The van der Waals surface area contributed by atoms with Crippen LogP contribution in [0, 0.1) is 11.7 Å². The number of aryl methyl sites for hydroxylation is 1. The number of aromatic amines is 1. The highest BCUT2D eigenvalue weighted by Gasteiger charge is 2.91. The molecule has 0 atom stereocenters. The highest BCUT2D eigenvalue weighted by Crippen LogP contribution is 2.61. The van der Waals surface area contributed by atoms with Crippen LogP contribution in [-0.4, -0.2) is 39.8 Å². The van der Waals surface area contributed by atoms with Gasteiger partial charge in [-0.3, -0.25) is 0 Å². The highest BCUT2D eigenvalue weighted by molar-refractivity contribution is 7.71. The molecule has 1 aromatic heterocycles. The predicted octanol–water partition coefficient (Wildman–Crippen LogP) is 5.64. The van der Waals surface area contributed by atoms with E-state index in [0.717, 1.165) is 6.92 Å². The van der Waals surface area contributed by atoms with Crippen molar-refractivity contribution in [3.8, 4) is 0 Å². The summed E-state index contributed by atoms with van der Waals surface area (Å²) in [6, 6.07) is -0.0557. The molecule has 0 unspecified atom stereocenters. The van der Waals surface area contributed by atoms with E-state index in [-0.39, 0.29) is 6.07 Å². The maximum atomic E-state index is 13.8. The maximum Gasteiger partial charge on any atom is 0.460 e. The third-order valence-electron chi connectivity index (χ3n) is 3.13. The number of nitrogens with zero attached hydrogens (tertiary/aromatic N) is 1. The Hall–Kier alpha value is -1.61. The SMILES string of the molecule is Cc1cc(C(F)(F)C(F)(F)C(F)(F)C(F)(F)C(F)(F)C(F)(F)F)nc(=S)[nH]1. The fourth-order valence-electron chi connectivity index (χ4n) is 1.67. The summed E-state index contributed by atoms with van der Waals surface area (Å²) in [6.45, 7) is 0.875. The van der Waals surface area contributed by atoms with Crippen LogP contribution in [-0.2, 0) is 5.92 Å². The number of H-pyrrole nitrogens is 1. The second-order valence-corrected chi connectivity index (χ2v) is 5.51. The molecule has 0 aliphatic rings. The summed E-state index contributed by atoms with van der Waals surface area (Å²) in [7, 11) is 0. The molecular formula is C11H5F13N2S. The van der Waals surface area contributed by atoms with Crippen LogP contribution in [0.5, 0.6) is 0 Å². The minimum absolute atomic E-state index is 0.0557. The van der Waals surface area contributed by atoms with E-state index in [2.05, 4.69) is 17.2 Å². The van der Waals surface area contributed by atoms with Gasteiger partial charge in [0.25, 0.3) is 0 Å². The zero-order valence-electron chi connectivity index (χ0n) is 12.3. The van der Waals surface area contributed by atoms with Gasteiger partial charge in [0.1, 0.15) is 5.69 Å². The van der Waals surface area contributed by atoms with Gasteiger partial charge < -0.3 is 4.98 Å². The van der Waals surface area contributed by atoms with Crippen LogP contribution in [0.1, 0.15) is 11.4 Å². The number of rotatable bonds is 5. The third kappa shape index (κ3) is 3.24. The Morgan fingerprint density at radius 2 is 1.15 bits per heavy atom. The molecule has 0 bridgehead atoms. The molecule has 2 nitrogen and oxygen atoms in total. The average molecular weight is 444 g/mol. The summed E-state index contributed by atoms with van der Waals surface area (Å²) in [5.41, 5.74) is -2.85. The fraction of sp³-hybridized carbons (Fsp3) is 0.636. The number of hydrogen-bond acceptors (Lipinski definition) is 2. The minimum atomic E-state index is -7.95. The maximum absolute atomic E-state index is 13.8. The molecule has 0 amide bonds. The van der Waals surface area contributed by atoms with Gasteiger partial charge in [-0.05, 0) is 25.2 Å². The molecule has 1 N–H and O–H groups in total. The van der Waals surface area contributed by atoms with Crippen LogP contribution in [0.25, 0.3) is 0 Å². The van der Waals surface area contributed by atoms with Gasteiger partial charge in [-0.1, -0.05) is 0 Å². The Kier molecular flexibility index (Phi) is 5.38. The van der Waals surface area contributed by atoms with Gasteiger partial charge in [0.05, 0.1) is 0 Å². The molecule has 0 fully saturated rings. The second kappa shape index (κ2) is 6.20. The van der Waals surface area contributed by atoms with Gasteiger partial charge in [-0.15, -0.1) is 0 Å². The minimum Gasteiger partial charge on any atom is -0.335 e. The van der Waals surface area contributed by atoms with Crippen molar-refractivity contribution < 1.29 is 57.1 Å².